The van der Waals surface area contributed by atoms with Gasteiger partial charge in [0.2, 0.25) is 0 Å². The Balaban J connectivity index is 2.07. The first-order valence-corrected chi connectivity index (χ1v) is 9.56. The highest BCUT2D eigenvalue weighted by molar-refractivity contribution is 6.46. The maximum absolute atomic E-state index is 12.9. The van der Waals surface area contributed by atoms with Gasteiger partial charge in [-0.15, -0.1) is 0 Å². The van der Waals surface area contributed by atoms with E-state index in [1.807, 2.05) is 49.3 Å². The number of nitrogens with zero attached hydrogens (tertiary/aromatic N) is 2. The zero-order valence-corrected chi connectivity index (χ0v) is 17.0. The Labute approximate surface area is 171 Å². The SMILES string of the molecule is COc1cccc(/C(O)=C2/C(=O)C(=O)N(CCCN(C)C)C2c2ccccc2)c1. The fourth-order valence-electron chi connectivity index (χ4n) is 3.58. The topological polar surface area (TPSA) is 70.1 Å². The molecule has 1 fully saturated rings. The van der Waals surface area contributed by atoms with Crippen LogP contribution in [0.3, 0.4) is 0 Å². The standard InChI is InChI=1S/C23H26N2O4/c1-24(2)13-8-14-25-20(16-9-5-4-6-10-16)19(22(27)23(25)28)21(26)17-11-7-12-18(15-17)29-3/h4-7,9-12,15,20,26H,8,13-14H2,1-3H3/b21-19-. The number of benzene rings is 2. The lowest BCUT2D eigenvalue weighted by molar-refractivity contribution is -0.139. The number of aliphatic hydroxyl groups is 1. The maximum Gasteiger partial charge on any atom is 0.295 e. The molecule has 1 saturated heterocycles. The Morgan fingerprint density at radius 2 is 1.83 bits per heavy atom. The molecule has 0 saturated carbocycles. The number of carbonyl (C=O) groups is 2. The van der Waals surface area contributed by atoms with Gasteiger partial charge in [-0.25, -0.2) is 0 Å². The maximum atomic E-state index is 12.9. The lowest BCUT2D eigenvalue weighted by atomic mass is 9.95. The Morgan fingerprint density at radius 1 is 1.10 bits per heavy atom. The summed E-state index contributed by atoms with van der Waals surface area (Å²) in [5.41, 5.74) is 1.34. The van der Waals surface area contributed by atoms with Gasteiger partial charge in [0.1, 0.15) is 11.5 Å². The van der Waals surface area contributed by atoms with E-state index in [1.54, 1.807) is 29.2 Å². The lowest BCUT2D eigenvalue weighted by Gasteiger charge is -2.26. The summed E-state index contributed by atoms with van der Waals surface area (Å²) in [7, 11) is 5.46. The second kappa shape index (κ2) is 8.92. The molecule has 1 atom stereocenters. The van der Waals surface area contributed by atoms with Gasteiger partial charge in [-0.1, -0.05) is 42.5 Å². The summed E-state index contributed by atoms with van der Waals surface area (Å²) >= 11 is 0. The molecule has 1 amide bonds. The third-order valence-corrected chi connectivity index (χ3v) is 5.00. The summed E-state index contributed by atoms with van der Waals surface area (Å²) in [4.78, 5) is 29.3. The number of aliphatic hydroxyl groups excluding tert-OH is 1. The number of carbonyl (C=O) groups excluding carboxylic acids is 2. The van der Waals surface area contributed by atoms with Crippen molar-refractivity contribution in [2.45, 2.75) is 12.5 Å². The van der Waals surface area contributed by atoms with Crippen molar-refractivity contribution in [2.24, 2.45) is 0 Å². The van der Waals surface area contributed by atoms with Crippen LogP contribution in [0.5, 0.6) is 5.75 Å². The molecule has 0 spiro atoms. The highest BCUT2D eigenvalue weighted by Crippen LogP contribution is 2.39. The van der Waals surface area contributed by atoms with E-state index in [2.05, 4.69) is 0 Å². The molecule has 0 aliphatic carbocycles. The van der Waals surface area contributed by atoms with Gasteiger partial charge in [0.05, 0.1) is 18.7 Å². The molecule has 2 aromatic rings. The molecule has 29 heavy (non-hydrogen) atoms. The monoisotopic (exact) mass is 394 g/mol. The van der Waals surface area contributed by atoms with Crippen LogP contribution in [0.2, 0.25) is 0 Å². The van der Waals surface area contributed by atoms with Crippen LogP contribution in [0.1, 0.15) is 23.6 Å². The van der Waals surface area contributed by atoms with Crippen molar-refractivity contribution in [2.75, 3.05) is 34.3 Å². The number of rotatable bonds is 7. The molecule has 3 rings (SSSR count). The number of amides is 1. The van der Waals surface area contributed by atoms with Gasteiger partial charge in [0.25, 0.3) is 11.7 Å². The molecule has 0 aromatic heterocycles. The van der Waals surface area contributed by atoms with Crippen molar-refractivity contribution in [3.8, 4) is 5.75 Å². The number of ketones is 1. The Kier molecular flexibility index (Phi) is 6.34. The van der Waals surface area contributed by atoms with E-state index in [-0.39, 0.29) is 11.3 Å². The molecule has 1 aliphatic rings. The molecule has 1 unspecified atom stereocenters. The van der Waals surface area contributed by atoms with E-state index >= 15 is 0 Å². The first-order valence-electron chi connectivity index (χ1n) is 9.56. The van der Waals surface area contributed by atoms with Crippen LogP contribution >= 0.6 is 0 Å². The minimum absolute atomic E-state index is 0.110. The Morgan fingerprint density at radius 3 is 2.48 bits per heavy atom. The van der Waals surface area contributed by atoms with Crippen molar-refractivity contribution in [1.82, 2.24) is 9.80 Å². The number of Topliss-reactive ketones (excluding diaryl/α,β-unsaturated/α-hetero) is 1. The van der Waals surface area contributed by atoms with Crippen molar-refractivity contribution in [3.05, 3.63) is 71.3 Å². The van der Waals surface area contributed by atoms with Crippen LogP contribution in [0.4, 0.5) is 0 Å². The van der Waals surface area contributed by atoms with Gasteiger partial charge in [-0.2, -0.15) is 0 Å². The quantitative estimate of drug-likeness (QED) is 0.444. The van der Waals surface area contributed by atoms with E-state index < -0.39 is 17.7 Å². The number of hydrogen-bond donors (Lipinski definition) is 1. The van der Waals surface area contributed by atoms with Crippen LogP contribution in [0.25, 0.3) is 5.76 Å². The zero-order chi connectivity index (χ0) is 21.0. The molecule has 6 heteroatoms. The molecule has 1 heterocycles. The molecule has 1 aliphatic heterocycles. The van der Waals surface area contributed by atoms with Crippen LogP contribution < -0.4 is 4.74 Å². The summed E-state index contributed by atoms with van der Waals surface area (Å²) in [6.07, 6.45) is 0.725. The van der Waals surface area contributed by atoms with Crippen molar-refractivity contribution in [3.63, 3.8) is 0 Å². The fraction of sp³-hybridized carbons (Fsp3) is 0.304. The number of hydrogen-bond acceptors (Lipinski definition) is 5. The Bertz CT molecular complexity index is 921. The van der Waals surface area contributed by atoms with Gasteiger partial charge in [0, 0.05) is 12.1 Å². The van der Waals surface area contributed by atoms with Crippen LogP contribution in [-0.2, 0) is 9.59 Å². The fourth-order valence-corrected chi connectivity index (χ4v) is 3.58. The summed E-state index contributed by atoms with van der Waals surface area (Å²) in [6, 6.07) is 15.6. The minimum Gasteiger partial charge on any atom is -0.507 e. The molecular weight excluding hydrogens is 368 g/mol. The van der Waals surface area contributed by atoms with E-state index in [0.29, 0.717) is 17.9 Å². The highest BCUT2D eigenvalue weighted by Gasteiger charge is 2.45. The predicted molar refractivity (Wildman–Crippen MR) is 112 cm³/mol. The van der Waals surface area contributed by atoms with E-state index in [1.165, 1.54) is 7.11 Å². The second-order valence-electron chi connectivity index (χ2n) is 7.29. The van der Waals surface area contributed by atoms with E-state index in [9.17, 15) is 14.7 Å². The summed E-state index contributed by atoms with van der Waals surface area (Å²) in [6.45, 7) is 1.22. The third-order valence-electron chi connectivity index (χ3n) is 5.00. The predicted octanol–water partition coefficient (Wildman–Crippen LogP) is 3.07. The highest BCUT2D eigenvalue weighted by atomic mass is 16.5. The summed E-state index contributed by atoms with van der Waals surface area (Å²) < 4.78 is 5.22. The molecule has 6 nitrogen and oxygen atoms in total. The average Bonchev–Trinajstić information content (AvgIpc) is 2.98. The average molecular weight is 394 g/mol. The first-order chi connectivity index (χ1) is 13.9. The first kappa shape index (κ1) is 20.6. The largest absolute Gasteiger partial charge is 0.507 e. The van der Waals surface area contributed by atoms with E-state index in [4.69, 9.17) is 4.74 Å². The lowest BCUT2D eigenvalue weighted by Crippen LogP contribution is -2.32. The van der Waals surface area contributed by atoms with E-state index in [0.717, 1.165) is 18.5 Å². The number of methoxy groups -OCH3 is 1. The molecule has 2 aromatic carbocycles. The summed E-state index contributed by atoms with van der Waals surface area (Å²) in [5, 5.41) is 11.0. The number of likely N-dealkylation sites (tertiary alicyclic amines) is 1. The van der Waals surface area contributed by atoms with Crippen LogP contribution in [0, 0.1) is 0 Å². The summed E-state index contributed by atoms with van der Waals surface area (Å²) in [5.74, 6) is -0.872. The Hall–Kier alpha value is -3.12. The molecule has 152 valence electrons. The van der Waals surface area contributed by atoms with Crippen LogP contribution in [-0.4, -0.2) is 60.9 Å². The minimum atomic E-state index is -0.663. The van der Waals surface area contributed by atoms with Crippen molar-refractivity contribution in [1.29, 1.82) is 0 Å². The van der Waals surface area contributed by atoms with Gasteiger partial charge < -0.3 is 19.6 Å². The molecular formula is C23H26N2O4. The van der Waals surface area contributed by atoms with Gasteiger partial charge >= 0.3 is 0 Å². The van der Waals surface area contributed by atoms with Gasteiger partial charge in [-0.05, 0) is 44.8 Å². The smallest absolute Gasteiger partial charge is 0.295 e. The molecule has 0 radical (unpaired) electrons. The van der Waals surface area contributed by atoms with Crippen molar-refractivity contribution >= 4 is 17.4 Å². The molecule has 0 bridgehead atoms. The molecule has 1 N–H and O–H groups in total. The van der Waals surface area contributed by atoms with Gasteiger partial charge in [0.15, 0.2) is 0 Å². The van der Waals surface area contributed by atoms with Gasteiger partial charge in [-0.3, -0.25) is 9.59 Å². The van der Waals surface area contributed by atoms with Crippen LogP contribution in [0.15, 0.2) is 60.2 Å². The normalized spacial score (nSPS) is 18.5. The zero-order valence-electron chi connectivity index (χ0n) is 17.0. The number of ether oxygens (including phenoxy) is 1. The van der Waals surface area contributed by atoms with Crippen molar-refractivity contribution < 1.29 is 19.4 Å². The third kappa shape index (κ3) is 4.32. The second-order valence-corrected chi connectivity index (χ2v) is 7.29.